The van der Waals surface area contributed by atoms with Crippen molar-refractivity contribution >= 4 is 17.1 Å². The molecule has 1 N–H and O–H groups in total. The van der Waals surface area contributed by atoms with Gasteiger partial charge in [-0.1, -0.05) is 0 Å². The van der Waals surface area contributed by atoms with Gasteiger partial charge in [-0.15, -0.1) is 0 Å². The van der Waals surface area contributed by atoms with E-state index >= 15 is 0 Å². The maximum atomic E-state index is 12.3. The fraction of sp³-hybridized carbons (Fsp3) is 0.381. The second-order valence-electron chi connectivity index (χ2n) is 7.95. The minimum absolute atomic E-state index is 0.0991. The summed E-state index contributed by atoms with van der Waals surface area (Å²) in [5.41, 5.74) is 3.21. The van der Waals surface area contributed by atoms with Gasteiger partial charge in [-0.2, -0.15) is 0 Å². The highest BCUT2D eigenvalue weighted by Gasteiger charge is 2.31. The number of pyridine rings is 2. The van der Waals surface area contributed by atoms with E-state index in [2.05, 4.69) is 15.0 Å². The highest BCUT2D eigenvalue weighted by Crippen LogP contribution is 2.32. The normalized spacial score (nSPS) is 17.1. The zero-order valence-electron chi connectivity index (χ0n) is 16.3. The Bertz CT molecular complexity index is 959. The number of nitrogens with zero attached hydrogens (tertiary/aromatic N) is 3. The maximum absolute atomic E-state index is 12.3. The summed E-state index contributed by atoms with van der Waals surface area (Å²) in [7, 11) is 0. The Morgan fingerprint density at radius 1 is 1.29 bits per heavy atom. The van der Waals surface area contributed by atoms with Gasteiger partial charge in [0.2, 0.25) is 0 Å². The number of hydrogen-bond acceptors (Lipinski definition) is 5. The van der Waals surface area contributed by atoms with E-state index in [1.807, 2.05) is 45.0 Å². The molecule has 146 valence electrons. The molecular weight excluding hydrogens is 356 g/mol. The van der Waals surface area contributed by atoms with Crippen molar-refractivity contribution in [3.8, 4) is 17.0 Å². The van der Waals surface area contributed by atoms with Crippen LogP contribution >= 0.6 is 0 Å². The van der Waals surface area contributed by atoms with Gasteiger partial charge >= 0.3 is 6.09 Å². The number of amides is 1. The van der Waals surface area contributed by atoms with Crippen LogP contribution in [-0.4, -0.2) is 50.7 Å². The number of aromatic nitrogens is 3. The summed E-state index contributed by atoms with van der Waals surface area (Å²) in [6, 6.07) is 7.80. The average Bonchev–Trinajstić information content (AvgIpc) is 3.27. The highest BCUT2D eigenvalue weighted by molar-refractivity contribution is 5.83. The number of aromatic amines is 1. The number of likely N-dealkylation sites (tertiary alicyclic amines) is 1. The topological polar surface area (TPSA) is 80.3 Å². The molecule has 4 heterocycles. The lowest BCUT2D eigenvalue weighted by Gasteiger charge is -2.24. The lowest BCUT2D eigenvalue weighted by molar-refractivity contribution is 0.0276. The van der Waals surface area contributed by atoms with Gasteiger partial charge in [-0.05, 0) is 45.0 Å². The largest absolute Gasteiger partial charge is 0.486 e. The molecule has 1 aliphatic rings. The van der Waals surface area contributed by atoms with Crippen LogP contribution in [0, 0.1) is 0 Å². The average molecular weight is 380 g/mol. The first kappa shape index (κ1) is 18.3. The van der Waals surface area contributed by atoms with Crippen molar-refractivity contribution in [3.05, 3.63) is 42.9 Å². The zero-order valence-corrected chi connectivity index (χ0v) is 16.3. The molecule has 1 fully saturated rings. The number of nitrogens with one attached hydrogen (secondary N) is 1. The molecule has 3 aromatic rings. The molecule has 1 amide bonds. The molecule has 0 bridgehead atoms. The van der Waals surface area contributed by atoms with Gasteiger partial charge in [0.1, 0.15) is 17.5 Å². The predicted octanol–water partition coefficient (Wildman–Crippen LogP) is 4.01. The second-order valence-corrected chi connectivity index (χ2v) is 7.95. The molecule has 1 atom stereocenters. The molecule has 0 aromatic carbocycles. The van der Waals surface area contributed by atoms with Crippen LogP contribution in [0.25, 0.3) is 22.3 Å². The van der Waals surface area contributed by atoms with Gasteiger partial charge in [-0.3, -0.25) is 9.97 Å². The summed E-state index contributed by atoms with van der Waals surface area (Å²) < 4.78 is 11.7. The van der Waals surface area contributed by atoms with E-state index in [-0.39, 0.29) is 12.2 Å². The van der Waals surface area contributed by atoms with Gasteiger partial charge in [0.25, 0.3) is 0 Å². The van der Waals surface area contributed by atoms with Gasteiger partial charge in [0, 0.05) is 30.9 Å². The van der Waals surface area contributed by atoms with Crippen molar-refractivity contribution in [3.63, 3.8) is 0 Å². The minimum atomic E-state index is -0.504. The number of carbonyl (C=O) groups excluding carboxylic acids is 1. The van der Waals surface area contributed by atoms with Crippen LogP contribution in [0.15, 0.2) is 42.9 Å². The standard InChI is InChI=1S/C21H24N4O3/c1-21(2,3)28-20(26)25-10-7-14(13-25)27-19-12-22-9-6-15(19)17-11-18-16(24-17)5-4-8-23-18/h4-6,8-9,11-12,14,24H,7,10,13H2,1-3H3. The van der Waals surface area contributed by atoms with Crippen molar-refractivity contribution in [1.29, 1.82) is 0 Å². The number of hydrogen-bond donors (Lipinski definition) is 1. The molecule has 0 saturated carbocycles. The van der Waals surface area contributed by atoms with Gasteiger partial charge in [0.15, 0.2) is 0 Å². The Labute approximate surface area is 163 Å². The van der Waals surface area contributed by atoms with Gasteiger partial charge in [0.05, 0.1) is 29.5 Å². The van der Waals surface area contributed by atoms with Crippen LogP contribution in [-0.2, 0) is 4.74 Å². The van der Waals surface area contributed by atoms with Crippen LogP contribution in [0.1, 0.15) is 27.2 Å². The number of ether oxygens (including phenoxy) is 2. The fourth-order valence-electron chi connectivity index (χ4n) is 3.29. The first-order valence-electron chi connectivity index (χ1n) is 9.42. The fourth-order valence-corrected chi connectivity index (χ4v) is 3.29. The third kappa shape index (κ3) is 3.93. The lowest BCUT2D eigenvalue weighted by atomic mass is 10.2. The monoisotopic (exact) mass is 380 g/mol. The Morgan fingerprint density at radius 3 is 2.93 bits per heavy atom. The van der Waals surface area contributed by atoms with Crippen LogP contribution in [0.4, 0.5) is 4.79 Å². The molecule has 7 nitrogen and oxygen atoms in total. The van der Waals surface area contributed by atoms with Crippen molar-refractivity contribution < 1.29 is 14.3 Å². The van der Waals surface area contributed by atoms with Crippen molar-refractivity contribution in [2.45, 2.75) is 38.9 Å². The summed E-state index contributed by atoms with van der Waals surface area (Å²) in [5.74, 6) is 0.685. The first-order chi connectivity index (χ1) is 13.4. The Morgan fingerprint density at radius 2 is 2.14 bits per heavy atom. The van der Waals surface area contributed by atoms with Crippen LogP contribution in [0.2, 0.25) is 0 Å². The van der Waals surface area contributed by atoms with Gasteiger partial charge < -0.3 is 19.4 Å². The number of fused-ring (bicyclic) bond motifs is 1. The van der Waals surface area contributed by atoms with Crippen molar-refractivity contribution in [2.75, 3.05) is 13.1 Å². The highest BCUT2D eigenvalue weighted by atomic mass is 16.6. The third-order valence-electron chi connectivity index (χ3n) is 4.55. The van der Waals surface area contributed by atoms with E-state index in [0.29, 0.717) is 18.8 Å². The second kappa shape index (κ2) is 7.14. The van der Waals surface area contributed by atoms with E-state index in [4.69, 9.17) is 9.47 Å². The molecule has 0 spiro atoms. The smallest absolute Gasteiger partial charge is 0.410 e. The van der Waals surface area contributed by atoms with E-state index in [1.54, 1.807) is 23.5 Å². The van der Waals surface area contributed by atoms with Crippen molar-refractivity contribution in [2.24, 2.45) is 0 Å². The lowest BCUT2D eigenvalue weighted by Crippen LogP contribution is -2.36. The summed E-state index contributed by atoms with van der Waals surface area (Å²) in [6.45, 7) is 6.72. The SMILES string of the molecule is CC(C)(C)OC(=O)N1CCC(Oc2cnccc2-c2cc3ncccc3[nH]2)C1. The number of rotatable bonds is 3. The predicted molar refractivity (Wildman–Crippen MR) is 106 cm³/mol. The zero-order chi connectivity index (χ0) is 19.7. The molecule has 3 aromatic heterocycles. The third-order valence-corrected chi connectivity index (χ3v) is 4.55. The molecular formula is C21H24N4O3. The summed E-state index contributed by atoms with van der Waals surface area (Å²) >= 11 is 0. The Hall–Kier alpha value is -3.09. The molecule has 1 aliphatic heterocycles. The molecule has 1 unspecified atom stereocenters. The van der Waals surface area contributed by atoms with E-state index in [0.717, 1.165) is 28.7 Å². The Kier molecular flexibility index (Phi) is 4.66. The van der Waals surface area contributed by atoms with Crippen molar-refractivity contribution in [1.82, 2.24) is 19.9 Å². The molecule has 7 heteroatoms. The van der Waals surface area contributed by atoms with Crippen LogP contribution in [0.5, 0.6) is 5.75 Å². The van der Waals surface area contributed by atoms with Crippen LogP contribution < -0.4 is 4.74 Å². The van der Waals surface area contributed by atoms with Gasteiger partial charge in [-0.25, -0.2) is 4.79 Å². The van der Waals surface area contributed by atoms with E-state index in [9.17, 15) is 4.79 Å². The molecule has 28 heavy (non-hydrogen) atoms. The Balaban J connectivity index is 1.50. The number of carbonyl (C=O) groups is 1. The molecule has 0 radical (unpaired) electrons. The molecule has 0 aliphatic carbocycles. The van der Waals surface area contributed by atoms with E-state index in [1.165, 1.54) is 0 Å². The van der Waals surface area contributed by atoms with E-state index < -0.39 is 5.60 Å². The summed E-state index contributed by atoms with van der Waals surface area (Å²) in [5, 5.41) is 0. The van der Waals surface area contributed by atoms with Crippen LogP contribution in [0.3, 0.4) is 0 Å². The molecule has 4 rings (SSSR count). The maximum Gasteiger partial charge on any atom is 0.410 e. The summed E-state index contributed by atoms with van der Waals surface area (Å²) in [4.78, 5) is 25.9. The molecule has 1 saturated heterocycles. The minimum Gasteiger partial charge on any atom is -0.486 e. The number of H-pyrrole nitrogens is 1. The summed E-state index contributed by atoms with van der Waals surface area (Å²) in [6.07, 6.45) is 5.58. The quantitative estimate of drug-likeness (QED) is 0.742. The first-order valence-corrected chi connectivity index (χ1v) is 9.42.